The van der Waals surface area contributed by atoms with Gasteiger partial charge in [-0.2, -0.15) is 0 Å². The number of thiophene rings is 1. The van der Waals surface area contributed by atoms with Crippen molar-refractivity contribution < 1.29 is 0 Å². The van der Waals surface area contributed by atoms with Gasteiger partial charge >= 0.3 is 0 Å². The van der Waals surface area contributed by atoms with Gasteiger partial charge in [-0.25, -0.2) is 0 Å². The zero-order chi connectivity index (χ0) is 14.1. The molecule has 1 nitrogen and oxygen atoms in total. The van der Waals surface area contributed by atoms with E-state index in [4.69, 9.17) is 0 Å². The Balaban J connectivity index is 1.66. The fourth-order valence-electron chi connectivity index (χ4n) is 3.33. The Labute approximate surface area is 129 Å². The number of nitrogens with one attached hydrogen (secondary N) is 1. The van der Waals surface area contributed by atoms with E-state index in [2.05, 4.69) is 59.2 Å². The summed E-state index contributed by atoms with van der Waals surface area (Å²) in [7, 11) is 0. The average Bonchev–Trinajstić information content (AvgIpc) is 2.89. The van der Waals surface area contributed by atoms with Crippen molar-refractivity contribution in [3.8, 4) is 0 Å². The highest BCUT2D eigenvalue weighted by molar-refractivity contribution is 7.17. The number of rotatable bonds is 2. The summed E-state index contributed by atoms with van der Waals surface area (Å²) in [5.74, 6) is 0. The van der Waals surface area contributed by atoms with Gasteiger partial charge in [0.05, 0.1) is 6.04 Å². The van der Waals surface area contributed by atoms with Crippen molar-refractivity contribution in [1.29, 1.82) is 0 Å². The molecule has 0 amide bonds. The quantitative estimate of drug-likeness (QED) is 0.590. The summed E-state index contributed by atoms with van der Waals surface area (Å²) in [6, 6.07) is 18.3. The maximum Gasteiger partial charge on any atom is 0.0516 e. The van der Waals surface area contributed by atoms with Crippen molar-refractivity contribution in [2.45, 2.75) is 31.7 Å². The van der Waals surface area contributed by atoms with Gasteiger partial charge in [0.15, 0.2) is 0 Å². The topological polar surface area (TPSA) is 12.0 Å². The van der Waals surface area contributed by atoms with E-state index >= 15 is 0 Å². The van der Waals surface area contributed by atoms with Gasteiger partial charge < -0.3 is 5.32 Å². The summed E-state index contributed by atoms with van der Waals surface area (Å²) in [4.78, 5) is 0. The first kappa shape index (κ1) is 12.9. The minimum Gasteiger partial charge on any atom is -0.378 e. The van der Waals surface area contributed by atoms with Crippen LogP contribution in [0.1, 0.15) is 36.4 Å². The Morgan fingerprint density at radius 2 is 1.95 bits per heavy atom. The van der Waals surface area contributed by atoms with E-state index in [1.54, 1.807) is 11.3 Å². The van der Waals surface area contributed by atoms with Crippen molar-refractivity contribution in [1.82, 2.24) is 0 Å². The molecule has 0 fully saturated rings. The van der Waals surface area contributed by atoms with Crippen LogP contribution in [0.4, 0.5) is 5.69 Å². The van der Waals surface area contributed by atoms with Gasteiger partial charge in [-0.3, -0.25) is 0 Å². The van der Waals surface area contributed by atoms with Crippen LogP contribution in [0.2, 0.25) is 0 Å². The molecule has 0 spiro atoms. The van der Waals surface area contributed by atoms with Crippen LogP contribution in [-0.2, 0) is 6.42 Å². The number of fused-ring (bicyclic) bond motifs is 2. The molecule has 0 aliphatic heterocycles. The van der Waals surface area contributed by atoms with Gasteiger partial charge in [0.25, 0.3) is 0 Å². The largest absolute Gasteiger partial charge is 0.378 e. The molecule has 0 bridgehead atoms. The minimum absolute atomic E-state index is 0.444. The summed E-state index contributed by atoms with van der Waals surface area (Å²) in [5.41, 5.74) is 4.24. The molecule has 0 saturated carbocycles. The van der Waals surface area contributed by atoms with E-state index in [-0.39, 0.29) is 0 Å². The van der Waals surface area contributed by atoms with Crippen LogP contribution < -0.4 is 5.32 Å². The van der Waals surface area contributed by atoms with E-state index in [0.717, 1.165) is 0 Å². The van der Waals surface area contributed by atoms with Gasteiger partial charge in [-0.05, 0) is 65.4 Å². The first-order valence-electron chi connectivity index (χ1n) is 7.72. The lowest BCUT2D eigenvalue weighted by Gasteiger charge is -2.20. The second kappa shape index (κ2) is 5.53. The summed E-state index contributed by atoms with van der Waals surface area (Å²) < 4.78 is 1.36. The van der Waals surface area contributed by atoms with E-state index in [1.165, 1.54) is 52.6 Å². The molecule has 3 aromatic rings. The molecular weight excluding hydrogens is 274 g/mol. The highest BCUT2D eigenvalue weighted by Crippen LogP contribution is 2.32. The minimum atomic E-state index is 0.444. The summed E-state index contributed by atoms with van der Waals surface area (Å²) in [5, 5.41) is 7.27. The molecule has 1 atom stereocenters. The fourth-order valence-corrected chi connectivity index (χ4v) is 4.10. The van der Waals surface area contributed by atoms with Gasteiger partial charge in [-0.1, -0.05) is 30.7 Å². The van der Waals surface area contributed by atoms with Gasteiger partial charge in [0.2, 0.25) is 0 Å². The molecule has 1 aliphatic carbocycles. The molecule has 1 N–H and O–H groups in total. The van der Waals surface area contributed by atoms with Crippen molar-refractivity contribution in [3.63, 3.8) is 0 Å². The molecule has 0 saturated heterocycles. The maximum absolute atomic E-state index is 3.76. The monoisotopic (exact) mass is 293 g/mol. The van der Waals surface area contributed by atoms with E-state index in [0.29, 0.717) is 6.04 Å². The number of hydrogen-bond acceptors (Lipinski definition) is 2. The summed E-state index contributed by atoms with van der Waals surface area (Å²) in [6.07, 6.45) is 5.04. The molecule has 1 heterocycles. The lowest BCUT2D eigenvalue weighted by molar-refractivity contribution is 0.644. The number of anilines is 1. The van der Waals surface area contributed by atoms with Gasteiger partial charge in [0.1, 0.15) is 0 Å². The van der Waals surface area contributed by atoms with Crippen molar-refractivity contribution in [2.24, 2.45) is 0 Å². The fraction of sp³-hybridized carbons (Fsp3) is 0.263. The Bertz CT molecular complexity index is 759. The van der Waals surface area contributed by atoms with Crippen LogP contribution >= 0.6 is 11.3 Å². The number of aryl methyl sites for hydroxylation is 1. The average molecular weight is 293 g/mol. The molecule has 0 radical (unpaired) electrons. The predicted octanol–water partition coefficient (Wildman–Crippen LogP) is 5.78. The number of hydrogen-bond donors (Lipinski definition) is 1. The molecule has 4 rings (SSSR count). The highest BCUT2D eigenvalue weighted by atomic mass is 32.1. The first-order chi connectivity index (χ1) is 10.4. The molecule has 1 aromatic heterocycles. The second-order valence-electron chi connectivity index (χ2n) is 5.81. The molecular formula is C19H19NS. The van der Waals surface area contributed by atoms with E-state index in [9.17, 15) is 0 Å². The summed E-state index contributed by atoms with van der Waals surface area (Å²) >= 11 is 1.81. The van der Waals surface area contributed by atoms with E-state index < -0.39 is 0 Å². The van der Waals surface area contributed by atoms with Crippen molar-refractivity contribution in [2.75, 3.05) is 5.32 Å². The Hall–Kier alpha value is -1.80. The van der Waals surface area contributed by atoms with Gasteiger partial charge in [-0.15, -0.1) is 11.3 Å². The Morgan fingerprint density at radius 3 is 2.95 bits per heavy atom. The summed E-state index contributed by atoms with van der Waals surface area (Å²) in [6.45, 7) is 0. The maximum atomic E-state index is 3.76. The van der Waals surface area contributed by atoms with Crippen LogP contribution in [-0.4, -0.2) is 0 Å². The molecule has 21 heavy (non-hydrogen) atoms. The van der Waals surface area contributed by atoms with Crippen LogP contribution in [0.25, 0.3) is 10.1 Å². The van der Waals surface area contributed by atoms with Crippen LogP contribution in [0.3, 0.4) is 0 Å². The SMILES string of the molecule is c1ccc2c(c1)CCCCC2Nc1ccc2sccc2c1. The second-order valence-corrected chi connectivity index (χ2v) is 6.76. The zero-order valence-corrected chi connectivity index (χ0v) is 12.8. The number of benzene rings is 2. The highest BCUT2D eigenvalue weighted by Gasteiger charge is 2.18. The molecule has 106 valence electrons. The van der Waals surface area contributed by atoms with Crippen molar-refractivity contribution >= 4 is 27.1 Å². The zero-order valence-electron chi connectivity index (χ0n) is 12.0. The van der Waals surface area contributed by atoms with E-state index in [1.807, 2.05) is 0 Å². The Kier molecular flexibility index (Phi) is 3.40. The normalized spacial score (nSPS) is 18.2. The van der Waals surface area contributed by atoms with Crippen LogP contribution in [0.5, 0.6) is 0 Å². The lowest BCUT2D eigenvalue weighted by atomic mass is 9.99. The first-order valence-corrected chi connectivity index (χ1v) is 8.60. The van der Waals surface area contributed by atoms with Crippen LogP contribution in [0.15, 0.2) is 53.9 Å². The molecule has 1 aliphatic rings. The van der Waals surface area contributed by atoms with Gasteiger partial charge in [0, 0.05) is 10.4 Å². The lowest BCUT2D eigenvalue weighted by Crippen LogP contribution is -2.11. The standard InChI is InChI=1S/C19H19NS/c1-3-7-17-14(5-1)6-2-4-8-18(17)20-16-9-10-19-15(13-16)11-12-21-19/h1,3,5,7,9-13,18,20H,2,4,6,8H2. The third-order valence-corrected chi connectivity index (χ3v) is 5.31. The predicted molar refractivity (Wildman–Crippen MR) is 92.2 cm³/mol. The smallest absolute Gasteiger partial charge is 0.0516 e. The molecule has 1 unspecified atom stereocenters. The van der Waals surface area contributed by atoms with Crippen LogP contribution in [0, 0.1) is 0 Å². The third-order valence-electron chi connectivity index (χ3n) is 4.41. The Morgan fingerprint density at radius 1 is 1.00 bits per heavy atom. The molecule has 2 heteroatoms. The third kappa shape index (κ3) is 2.56. The molecule has 2 aromatic carbocycles. The van der Waals surface area contributed by atoms with Crippen molar-refractivity contribution in [3.05, 3.63) is 65.0 Å².